The molecule has 0 saturated carbocycles. The monoisotopic (exact) mass is 250 g/mol. The van der Waals surface area contributed by atoms with Gasteiger partial charge >= 0.3 is 0 Å². The van der Waals surface area contributed by atoms with Crippen molar-refractivity contribution in [2.24, 2.45) is 0 Å². The molecule has 0 spiro atoms. The predicted octanol–water partition coefficient (Wildman–Crippen LogP) is 2.90. The lowest BCUT2D eigenvalue weighted by molar-refractivity contribution is 0.308. The van der Waals surface area contributed by atoms with Gasteiger partial charge in [-0.25, -0.2) is 4.39 Å². The molecule has 1 aromatic carbocycles. The maximum atomic E-state index is 13.6. The third-order valence-electron chi connectivity index (χ3n) is 3.40. The van der Waals surface area contributed by atoms with Crippen LogP contribution in [-0.2, 0) is 6.42 Å². The summed E-state index contributed by atoms with van der Waals surface area (Å²) in [6.45, 7) is 7.22. The Bertz CT molecular complexity index is 532. The van der Waals surface area contributed by atoms with Crippen molar-refractivity contribution in [3.8, 4) is 5.75 Å². The summed E-state index contributed by atoms with van der Waals surface area (Å²) in [4.78, 5) is 5.26. The number of H-pyrrole nitrogens is 1. The van der Waals surface area contributed by atoms with Crippen LogP contribution in [0.25, 0.3) is 10.9 Å². The summed E-state index contributed by atoms with van der Waals surface area (Å²) in [5, 5.41) is 10.2. The van der Waals surface area contributed by atoms with E-state index in [9.17, 15) is 9.50 Å². The number of aromatic amines is 1. The van der Waals surface area contributed by atoms with Crippen LogP contribution in [0.5, 0.6) is 5.75 Å². The Kier molecular flexibility index (Phi) is 3.87. The maximum absolute atomic E-state index is 13.6. The van der Waals surface area contributed by atoms with Crippen molar-refractivity contribution in [2.75, 3.05) is 19.6 Å². The van der Waals surface area contributed by atoms with E-state index in [1.807, 2.05) is 6.20 Å². The van der Waals surface area contributed by atoms with Gasteiger partial charge in [0.15, 0.2) is 5.82 Å². The number of aromatic hydroxyl groups is 1. The Morgan fingerprint density at radius 3 is 2.67 bits per heavy atom. The Labute approximate surface area is 106 Å². The van der Waals surface area contributed by atoms with Crippen molar-refractivity contribution in [3.63, 3.8) is 0 Å². The summed E-state index contributed by atoms with van der Waals surface area (Å²) in [5.74, 6) is -0.428. The molecule has 0 saturated heterocycles. The lowest BCUT2D eigenvalue weighted by Gasteiger charge is -2.17. The van der Waals surface area contributed by atoms with Gasteiger partial charge in [-0.15, -0.1) is 0 Å². The molecule has 0 atom stereocenters. The molecule has 0 bridgehead atoms. The summed E-state index contributed by atoms with van der Waals surface area (Å²) >= 11 is 0. The molecule has 18 heavy (non-hydrogen) atoms. The van der Waals surface area contributed by atoms with E-state index in [-0.39, 0.29) is 5.75 Å². The molecular formula is C14H19FN2O. The Morgan fingerprint density at radius 1 is 1.28 bits per heavy atom. The fraction of sp³-hybridized carbons (Fsp3) is 0.429. The van der Waals surface area contributed by atoms with Gasteiger partial charge < -0.3 is 15.0 Å². The number of nitrogens with zero attached hydrogens (tertiary/aromatic N) is 1. The molecule has 4 heteroatoms. The lowest BCUT2D eigenvalue weighted by Crippen LogP contribution is -2.25. The van der Waals surface area contributed by atoms with E-state index in [4.69, 9.17) is 0 Å². The fourth-order valence-corrected chi connectivity index (χ4v) is 2.25. The first kappa shape index (κ1) is 12.9. The van der Waals surface area contributed by atoms with E-state index in [0.29, 0.717) is 5.52 Å². The molecule has 2 N–H and O–H groups in total. The number of aromatic nitrogens is 1. The van der Waals surface area contributed by atoms with Crippen LogP contribution in [0.15, 0.2) is 18.3 Å². The van der Waals surface area contributed by atoms with E-state index < -0.39 is 5.82 Å². The number of rotatable bonds is 5. The standard InChI is InChI=1S/C14H19FN2O/c1-3-17(4-2)6-5-10-9-16-14-12(10)7-11(18)8-13(14)15/h7-9,16,18H,3-6H2,1-2H3. The molecule has 0 radical (unpaired) electrons. The Balaban J connectivity index is 2.24. The van der Waals surface area contributed by atoms with Crippen LogP contribution in [0.4, 0.5) is 4.39 Å². The summed E-state index contributed by atoms with van der Waals surface area (Å²) < 4.78 is 13.6. The van der Waals surface area contributed by atoms with E-state index >= 15 is 0 Å². The highest BCUT2D eigenvalue weighted by molar-refractivity contribution is 5.85. The smallest absolute Gasteiger partial charge is 0.150 e. The summed E-state index contributed by atoms with van der Waals surface area (Å²) in [5.41, 5.74) is 1.52. The van der Waals surface area contributed by atoms with Crippen LogP contribution < -0.4 is 0 Å². The second-order valence-electron chi connectivity index (χ2n) is 4.44. The highest BCUT2D eigenvalue weighted by atomic mass is 19.1. The summed E-state index contributed by atoms with van der Waals surface area (Å²) in [7, 11) is 0. The first-order chi connectivity index (χ1) is 8.65. The van der Waals surface area contributed by atoms with Crippen molar-refractivity contribution >= 4 is 10.9 Å². The van der Waals surface area contributed by atoms with Gasteiger partial charge in [-0.05, 0) is 31.1 Å². The fourth-order valence-electron chi connectivity index (χ4n) is 2.25. The second-order valence-corrected chi connectivity index (χ2v) is 4.44. The molecule has 0 unspecified atom stereocenters. The van der Waals surface area contributed by atoms with Crippen molar-refractivity contribution < 1.29 is 9.50 Å². The largest absolute Gasteiger partial charge is 0.508 e. The number of likely N-dealkylation sites (N-methyl/N-ethyl adjacent to an activating group) is 1. The quantitative estimate of drug-likeness (QED) is 0.856. The molecule has 1 aromatic heterocycles. The van der Waals surface area contributed by atoms with Gasteiger partial charge in [-0.1, -0.05) is 13.8 Å². The number of phenols is 1. The maximum Gasteiger partial charge on any atom is 0.150 e. The van der Waals surface area contributed by atoms with Gasteiger partial charge in [0.05, 0.1) is 5.52 Å². The zero-order chi connectivity index (χ0) is 13.1. The number of fused-ring (bicyclic) bond motifs is 1. The molecule has 0 aliphatic heterocycles. The SMILES string of the molecule is CCN(CC)CCc1c[nH]c2c(F)cc(O)cc12. The van der Waals surface area contributed by atoms with Gasteiger partial charge in [0.1, 0.15) is 5.75 Å². The third kappa shape index (κ3) is 2.48. The first-order valence-electron chi connectivity index (χ1n) is 6.36. The van der Waals surface area contributed by atoms with Gasteiger partial charge in [-0.2, -0.15) is 0 Å². The van der Waals surface area contributed by atoms with Gasteiger partial charge in [-0.3, -0.25) is 0 Å². The molecular weight excluding hydrogens is 231 g/mol. The number of benzene rings is 1. The highest BCUT2D eigenvalue weighted by Gasteiger charge is 2.10. The van der Waals surface area contributed by atoms with Gasteiger partial charge in [0.2, 0.25) is 0 Å². The predicted molar refractivity (Wildman–Crippen MR) is 71.4 cm³/mol. The number of phenolic OH excluding ortho intramolecular Hbond substituents is 1. The van der Waals surface area contributed by atoms with Crippen LogP contribution in [0.2, 0.25) is 0 Å². The van der Waals surface area contributed by atoms with E-state index in [0.717, 1.165) is 43.1 Å². The van der Waals surface area contributed by atoms with Crippen LogP contribution in [-0.4, -0.2) is 34.6 Å². The van der Waals surface area contributed by atoms with Crippen molar-refractivity contribution in [2.45, 2.75) is 20.3 Å². The zero-order valence-electron chi connectivity index (χ0n) is 10.8. The Morgan fingerprint density at radius 2 is 2.00 bits per heavy atom. The topological polar surface area (TPSA) is 39.3 Å². The minimum atomic E-state index is -0.404. The van der Waals surface area contributed by atoms with E-state index in [2.05, 4.69) is 23.7 Å². The Hall–Kier alpha value is -1.55. The molecule has 0 aliphatic rings. The van der Waals surface area contributed by atoms with Gasteiger partial charge in [0, 0.05) is 24.2 Å². The molecule has 3 nitrogen and oxygen atoms in total. The molecule has 1 heterocycles. The van der Waals surface area contributed by atoms with Crippen LogP contribution in [0, 0.1) is 5.82 Å². The average molecular weight is 250 g/mol. The number of hydrogen-bond donors (Lipinski definition) is 2. The molecule has 2 rings (SSSR count). The number of nitrogens with one attached hydrogen (secondary N) is 1. The summed E-state index contributed by atoms with van der Waals surface area (Å²) in [6.07, 6.45) is 2.68. The number of hydrogen-bond acceptors (Lipinski definition) is 2. The zero-order valence-corrected chi connectivity index (χ0v) is 10.8. The highest BCUT2D eigenvalue weighted by Crippen LogP contribution is 2.26. The first-order valence-corrected chi connectivity index (χ1v) is 6.36. The molecule has 0 aliphatic carbocycles. The van der Waals surface area contributed by atoms with E-state index in [1.54, 1.807) is 6.07 Å². The normalized spacial score (nSPS) is 11.6. The molecule has 2 aromatic rings. The average Bonchev–Trinajstić information content (AvgIpc) is 2.74. The van der Waals surface area contributed by atoms with Crippen LogP contribution in [0.1, 0.15) is 19.4 Å². The van der Waals surface area contributed by atoms with Crippen LogP contribution in [0.3, 0.4) is 0 Å². The lowest BCUT2D eigenvalue weighted by atomic mass is 10.1. The summed E-state index contributed by atoms with van der Waals surface area (Å²) in [6, 6.07) is 2.75. The minimum Gasteiger partial charge on any atom is -0.508 e. The molecule has 98 valence electrons. The minimum absolute atomic E-state index is 0.0244. The van der Waals surface area contributed by atoms with Gasteiger partial charge in [0.25, 0.3) is 0 Å². The number of halogens is 1. The van der Waals surface area contributed by atoms with Crippen molar-refractivity contribution in [1.29, 1.82) is 0 Å². The van der Waals surface area contributed by atoms with Crippen molar-refractivity contribution in [1.82, 2.24) is 9.88 Å². The molecule has 0 amide bonds. The third-order valence-corrected chi connectivity index (χ3v) is 3.40. The molecule has 0 fully saturated rings. The second kappa shape index (κ2) is 5.40. The van der Waals surface area contributed by atoms with Crippen molar-refractivity contribution in [3.05, 3.63) is 29.7 Å². The van der Waals surface area contributed by atoms with E-state index in [1.165, 1.54) is 0 Å². The van der Waals surface area contributed by atoms with Crippen LogP contribution >= 0.6 is 0 Å².